The minimum atomic E-state index is 0.372. The molecule has 108 valence electrons. The van der Waals surface area contributed by atoms with Crippen molar-refractivity contribution < 1.29 is 0 Å². The van der Waals surface area contributed by atoms with Crippen LogP contribution in [0.25, 0.3) is 10.1 Å². The third kappa shape index (κ3) is 2.62. The van der Waals surface area contributed by atoms with Gasteiger partial charge in [0.05, 0.1) is 0 Å². The Morgan fingerprint density at radius 1 is 1.35 bits per heavy atom. The molecule has 1 saturated carbocycles. The molecule has 0 amide bonds. The highest BCUT2D eigenvalue weighted by Gasteiger charge is 2.26. The van der Waals surface area contributed by atoms with Crippen LogP contribution in [0.4, 0.5) is 0 Å². The Hall–Kier alpha value is -0.900. The molecule has 2 N–H and O–H groups in total. The van der Waals surface area contributed by atoms with Crippen LogP contribution < -0.4 is 5.73 Å². The van der Waals surface area contributed by atoms with Crippen molar-refractivity contribution in [3.8, 4) is 0 Å². The first-order valence-corrected chi connectivity index (χ1v) is 8.61. The molecule has 1 heterocycles. The zero-order chi connectivity index (χ0) is 13.9. The van der Waals surface area contributed by atoms with Crippen molar-refractivity contribution in [3.05, 3.63) is 35.2 Å². The minimum Gasteiger partial charge on any atom is -0.329 e. The average Bonchev–Trinajstić information content (AvgIpc) is 2.85. The molecule has 0 spiro atoms. The van der Waals surface area contributed by atoms with Crippen molar-refractivity contribution in [1.29, 1.82) is 0 Å². The number of nitrogens with two attached hydrogens (primary N) is 1. The quantitative estimate of drug-likeness (QED) is 0.870. The van der Waals surface area contributed by atoms with Crippen molar-refractivity contribution in [2.75, 3.05) is 19.6 Å². The average molecular weight is 288 g/mol. The molecule has 1 aliphatic rings. The minimum absolute atomic E-state index is 0.372. The van der Waals surface area contributed by atoms with Gasteiger partial charge in [-0.05, 0) is 47.7 Å². The molecule has 1 aromatic carbocycles. The Morgan fingerprint density at radius 2 is 2.15 bits per heavy atom. The fourth-order valence-corrected chi connectivity index (χ4v) is 4.22. The molecule has 2 aromatic rings. The van der Waals surface area contributed by atoms with Crippen LogP contribution in [0, 0.1) is 5.92 Å². The van der Waals surface area contributed by atoms with E-state index in [2.05, 4.69) is 41.5 Å². The second-order valence-electron chi connectivity index (χ2n) is 5.82. The fourth-order valence-electron chi connectivity index (χ4n) is 3.21. The molecule has 0 bridgehead atoms. The number of nitrogens with zero attached hydrogens (tertiary/aromatic N) is 1. The molecule has 20 heavy (non-hydrogen) atoms. The van der Waals surface area contributed by atoms with Gasteiger partial charge in [-0.25, -0.2) is 0 Å². The summed E-state index contributed by atoms with van der Waals surface area (Å²) in [6, 6.07) is 9.07. The van der Waals surface area contributed by atoms with Gasteiger partial charge in [0.25, 0.3) is 0 Å². The standard InChI is InChI=1S/C17H24N2S/c1-2-19(11-13-6-5-7-13)16(10-18)15-12-20-17-9-4-3-8-14(15)17/h3-4,8-9,12-13,16H,2,5-7,10-11,18H2,1H3. The van der Waals surface area contributed by atoms with Gasteiger partial charge in [0.1, 0.15) is 0 Å². The third-order valence-electron chi connectivity index (χ3n) is 4.66. The van der Waals surface area contributed by atoms with Gasteiger partial charge in [0.15, 0.2) is 0 Å². The molecule has 0 aliphatic heterocycles. The molecular weight excluding hydrogens is 264 g/mol. The van der Waals surface area contributed by atoms with Crippen LogP contribution >= 0.6 is 11.3 Å². The lowest BCUT2D eigenvalue weighted by molar-refractivity contribution is 0.142. The molecular formula is C17H24N2S. The van der Waals surface area contributed by atoms with Gasteiger partial charge in [0.2, 0.25) is 0 Å². The molecule has 2 nitrogen and oxygen atoms in total. The molecule has 3 rings (SSSR count). The topological polar surface area (TPSA) is 29.3 Å². The second-order valence-corrected chi connectivity index (χ2v) is 6.73. The smallest absolute Gasteiger partial charge is 0.0484 e. The summed E-state index contributed by atoms with van der Waals surface area (Å²) >= 11 is 1.84. The number of thiophene rings is 1. The molecule has 3 heteroatoms. The van der Waals surface area contributed by atoms with E-state index in [-0.39, 0.29) is 0 Å². The van der Waals surface area contributed by atoms with Gasteiger partial charge in [0, 0.05) is 23.8 Å². The summed E-state index contributed by atoms with van der Waals surface area (Å²) in [6.07, 6.45) is 4.22. The third-order valence-corrected chi connectivity index (χ3v) is 5.64. The van der Waals surface area contributed by atoms with E-state index in [4.69, 9.17) is 5.73 Å². The molecule has 1 fully saturated rings. The Kier molecular flexibility index (Phi) is 4.39. The van der Waals surface area contributed by atoms with Crippen molar-refractivity contribution in [1.82, 2.24) is 4.90 Å². The van der Waals surface area contributed by atoms with E-state index >= 15 is 0 Å². The van der Waals surface area contributed by atoms with Gasteiger partial charge in [-0.15, -0.1) is 11.3 Å². The summed E-state index contributed by atoms with van der Waals surface area (Å²) in [6.45, 7) is 5.27. The Balaban J connectivity index is 1.86. The number of hydrogen-bond acceptors (Lipinski definition) is 3. The van der Waals surface area contributed by atoms with Crippen molar-refractivity contribution in [2.24, 2.45) is 11.7 Å². The van der Waals surface area contributed by atoms with E-state index in [1.54, 1.807) is 0 Å². The van der Waals surface area contributed by atoms with Gasteiger partial charge in [-0.3, -0.25) is 4.90 Å². The number of benzene rings is 1. The van der Waals surface area contributed by atoms with Gasteiger partial charge >= 0.3 is 0 Å². The van der Waals surface area contributed by atoms with Crippen LogP contribution in [-0.4, -0.2) is 24.5 Å². The maximum Gasteiger partial charge on any atom is 0.0484 e. The van der Waals surface area contributed by atoms with Crippen molar-refractivity contribution >= 4 is 21.4 Å². The van der Waals surface area contributed by atoms with E-state index in [0.717, 1.165) is 12.5 Å². The molecule has 1 atom stereocenters. The van der Waals surface area contributed by atoms with Gasteiger partial charge < -0.3 is 5.73 Å². The highest BCUT2D eigenvalue weighted by Crippen LogP contribution is 2.35. The van der Waals surface area contributed by atoms with E-state index in [1.165, 1.54) is 41.5 Å². The van der Waals surface area contributed by atoms with E-state index in [0.29, 0.717) is 12.6 Å². The van der Waals surface area contributed by atoms with E-state index in [9.17, 15) is 0 Å². The second kappa shape index (κ2) is 6.25. The first-order valence-electron chi connectivity index (χ1n) is 7.73. The Bertz CT molecular complexity index is 559. The van der Waals surface area contributed by atoms with Crippen LogP contribution in [0.2, 0.25) is 0 Å². The molecule has 1 aliphatic carbocycles. The van der Waals surface area contributed by atoms with Gasteiger partial charge in [-0.1, -0.05) is 31.5 Å². The Morgan fingerprint density at radius 3 is 2.80 bits per heavy atom. The highest BCUT2D eigenvalue weighted by molar-refractivity contribution is 7.17. The number of rotatable bonds is 6. The first kappa shape index (κ1) is 14.1. The largest absolute Gasteiger partial charge is 0.329 e. The SMILES string of the molecule is CCN(CC1CCC1)C(CN)c1csc2ccccc12. The predicted molar refractivity (Wildman–Crippen MR) is 88.2 cm³/mol. The van der Waals surface area contributed by atoms with Gasteiger partial charge in [-0.2, -0.15) is 0 Å². The highest BCUT2D eigenvalue weighted by atomic mass is 32.1. The lowest BCUT2D eigenvalue weighted by atomic mass is 9.84. The summed E-state index contributed by atoms with van der Waals surface area (Å²) in [5.74, 6) is 0.897. The van der Waals surface area contributed by atoms with Crippen LogP contribution in [0.5, 0.6) is 0 Å². The molecule has 1 aromatic heterocycles. The Labute approximate surface area is 125 Å². The molecule has 0 radical (unpaired) electrons. The summed E-state index contributed by atoms with van der Waals surface area (Å²) in [7, 11) is 0. The summed E-state index contributed by atoms with van der Waals surface area (Å²) in [4.78, 5) is 2.58. The number of hydrogen-bond donors (Lipinski definition) is 1. The first-order chi connectivity index (χ1) is 9.83. The maximum atomic E-state index is 6.13. The van der Waals surface area contributed by atoms with Crippen LogP contribution in [0.1, 0.15) is 37.8 Å². The molecule has 0 saturated heterocycles. The normalized spacial score (nSPS) is 17.6. The van der Waals surface area contributed by atoms with Crippen LogP contribution in [0.3, 0.4) is 0 Å². The van der Waals surface area contributed by atoms with E-state index in [1.807, 2.05) is 11.3 Å². The van der Waals surface area contributed by atoms with Crippen molar-refractivity contribution in [2.45, 2.75) is 32.2 Å². The summed E-state index contributed by atoms with van der Waals surface area (Å²) < 4.78 is 1.38. The van der Waals surface area contributed by atoms with Crippen LogP contribution in [0.15, 0.2) is 29.6 Å². The zero-order valence-corrected chi connectivity index (χ0v) is 13.0. The lowest BCUT2D eigenvalue weighted by Gasteiger charge is -2.36. The molecule has 1 unspecified atom stereocenters. The number of likely N-dealkylation sites (N-methyl/N-ethyl adjacent to an activating group) is 1. The monoisotopic (exact) mass is 288 g/mol. The van der Waals surface area contributed by atoms with Crippen LogP contribution in [-0.2, 0) is 0 Å². The zero-order valence-electron chi connectivity index (χ0n) is 12.2. The summed E-state index contributed by atoms with van der Waals surface area (Å²) in [5.41, 5.74) is 7.55. The number of fused-ring (bicyclic) bond motifs is 1. The van der Waals surface area contributed by atoms with E-state index < -0.39 is 0 Å². The fraction of sp³-hybridized carbons (Fsp3) is 0.529. The summed E-state index contributed by atoms with van der Waals surface area (Å²) in [5, 5.41) is 3.70. The maximum absolute atomic E-state index is 6.13. The lowest BCUT2D eigenvalue weighted by Crippen LogP contribution is -2.38. The predicted octanol–water partition coefficient (Wildman–Crippen LogP) is 4.02. The van der Waals surface area contributed by atoms with Crippen molar-refractivity contribution in [3.63, 3.8) is 0 Å².